The molecule has 0 saturated heterocycles. The lowest BCUT2D eigenvalue weighted by atomic mass is 10.1. The van der Waals surface area contributed by atoms with E-state index in [0.29, 0.717) is 0 Å². The molecular weight excluding hydrogens is 608 g/mol. The predicted octanol–water partition coefficient (Wildman–Crippen LogP) is -2.52. The van der Waals surface area contributed by atoms with Crippen LogP contribution in [0, 0.1) is 0 Å². The molecule has 0 spiro atoms. The van der Waals surface area contributed by atoms with Crippen molar-refractivity contribution in [3.8, 4) is 11.5 Å². The molecule has 0 bridgehead atoms. The molecule has 0 radical (unpaired) electrons. The zero-order valence-electron chi connectivity index (χ0n) is 24.4. The number of nitrogens with zero attached hydrogens (tertiary/aromatic N) is 3. The summed E-state index contributed by atoms with van der Waals surface area (Å²) >= 11 is 0. The molecule has 2 heterocycles. The number of benzene rings is 1. The van der Waals surface area contributed by atoms with Crippen LogP contribution in [0.25, 0.3) is 0 Å². The Bertz CT molecular complexity index is 1630. The highest BCUT2D eigenvalue weighted by atomic mass is 16.5. The molecular formula is C28H34N8O10. The quantitative estimate of drug-likeness (QED) is 0.0614. The first-order chi connectivity index (χ1) is 22.0. The molecule has 0 aliphatic carbocycles. The Kier molecular flexibility index (Phi) is 12.2. The van der Waals surface area contributed by atoms with E-state index in [9.17, 15) is 49.4 Å². The second kappa shape index (κ2) is 16.3. The summed E-state index contributed by atoms with van der Waals surface area (Å²) in [7, 11) is 0. The highest BCUT2D eigenvalue weighted by Gasteiger charge is 2.21. The number of carbonyl (C=O) groups is 4. The van der Waals surface area contributed by atoms with E-state index in [1.807, 2.05) is 0 Å². The molecule has 1 aromatic carbocycles. The minimum absolute atomic E-state index is 0.0105. The lowest BCUT2D eigenvalue weighted by Gasteiger charge is -2.23. The van der Waals surface area contributed by atoms with Crippen molar-refractivity contribution in [1.82, 2.24) is 35.6 Å². The molecule has 18 heteroatoms. The van der Waals surface area contributed by atoms with Gasteiger partial charge in [-0.15, -0.1) is 9.46 Å². The van der Waals surface area contributed by atoms with Crippen LogP contribution in [0.1, 0.15) is 41.7 Å². The third kappa shape index (κ3) is 8.83. The van der Waals surface area contributed by atoms with Crippen LogP contribution in [-0.2, 0) is 0 Å². The zero-order chi connectivity index (χ0) is 33.8. The zero-order valence-corrected chi connectivity index (χ0v) is 24.4. The number of hydrogen-bond acceptors (Lipinski definition) is 12. The van der Waals surface area contributed by atoms with Crippen molar-refractivity contribution in [3.05, 3.63) is 91.8 Å². The van der Waals surface area contributed by atoms with Crippen molar-refractivity contribution < 1.29 is 39.8 Å². The standard InChI is InChI=1S/C28H34N8O10/c29-9-10-30-25(41)17-7-8-18(24(40)23(17)39)26(42)31-11-14-34(15-12-32-27(43)19-3-1-5-21(37)35(19)45)16-13-33-28(44)20-4-2-6-22(38)36(20)46/h1-8,39-40,45-46H,9-16,29H2,(H,30,41)(H,31,42)(H,32,43)(H,33,44). The van der Waals surface area contributed by atoms with Gasteiger partial charge in [0, 0.05) is 64.5 Å². The summed E-state index contributed by atoms with van der Waals surface area (Å²) < 4.78 is 0.406. The van der Waals surface area contributed by atoms with E-state index in [0.717, 1.165) is 12.1 Å². The summed E-state index contributed by atoms with van der Waals surface area (Å²) in [5.41, 5.74) is 2.63. The lowest BCUT2D eigenvalue weighted by molar-refractivity contribution is 0.0885. The van der Waals surface area contributed by atoms with Crippen LogP contribution in [0.4, 0.5) is 0 Å². The molecule has 10 N–H and O–H groups in total. The van der Waals surface area contributed by atoms with Gasteiger partial charge >= 0.3 is 0 Å². The number of pyridine rings is 2. The van der Waals surface area contributed by atoms with Crippen molar-refractivity contribution in [2.24, 2.45) is 5.73 Å². The van der Waals surface area contributed by atoms with Gasteiger partial charge in [-0.1, -0.05) is 12.1 Å². The number of nitrogens with one attached hydrogen (secondary N) is 4. The Morgan fingerprint density at radius 3 is 1.37 bits per heavy atom. The molecule has 0 atom stereocenters. The molecule has 4 amide bonds. The normalized spacial score (nSPS) is 10.7. The van der Waals surface area contributed by atoms with Crippen LogP contribution in [0.2, 0.25) is 0 Å². The Morgan fingerprint density at radius 2 is 0.978 bits per heavy atom. The van der Waals surface area contributed by atoms with E-state index < -0.39 is 46.2 Å². The molecule has 0 fully saturated rings. The topological polar surface area (TPSA) is 271 Å². The summed E-state index contributed by atoms with van der Waals surface area (Å²) in [5, 5.41) is 50.3. The summed E-state index contributed by atoms with van der Waals surface area (Å²) in [6, 6.07) is 9.59. The highest BCUT2D eigenvalue weighted by molar-refractivity contribution is 6.02. The molecule has 0 unspecified atom stereocenters. The minimum Gasteiger partial charge on any atom is -0.504 e. The van der Waals surface area contributed by atoms with E-state index in [4.69, 9.17) is 5.73 Å². The fourth-order valence-corrected chi connectivity index (χ4v) is 4.13. The van der Waals surface area contributed by atoms with Gasteiger partial charge in [-0.2, -0.15) is 0 Å². The molecule has 2 aromatic heterocycles. The van der Waals surface area contributed by atoms with E-state index in [1.54, 1.807) is 4.90 Å². The Labute approximate surface area is 260 Å². The second-order valence-corrected chi connectivity index (χ2v) is 9.63. The third-order valence-corrected chi connectivity index (χ3v) is 6.54. The molecule has 0 aliphatic rings. The van der Waals surface area contributed by atoms with Gasteiger partial charge in [-0.05, 0) is 24.3 Å². The van der Waals surface area contributed by atoms with Crippen LogP contribution in [-0.4, -0.2) is 111 Å². The Balaban J connectivity index is 1.63. The van der Waals surface area contributed by atoms with Crippen LogP contribution < -0.4 is 38.1 Å². The van der Waals surface area contributed by atoms with Crippen molar-refractivity contribution in [2.75, 3.05) is 52.4 Å². The predicted molar refractivity (Wildman–Crippen MR) is 160 cm³/mol. The Hall–Kier alpha value is -5.88. The number of hydrogen-bond donors (Lipinski definition) is 9. The first-order valence-electron chi connectivity index (χ1n) is 13.9. The van der Waals surface area contributed by atoms with Gasteiger partial charge in [0.1, 0.15) is 11.4 Å². The maximum Gasteiger partial charge on any atom is 0.283 e. The van der Waals surface area contributed by atoms with Crippen LogP contribution in [0.15, 0.2) is 58.1 Å². The van der Waals surface area contributed by atoms with Crippen LogP contribution in [0.3, 0.4) is 0 Å². The number of phenolic OH excluding ortho intramolecular Hbond substituents is 2. The smallest absolute Gasteiger partial charge is 0.283 e. The van der Waals surface area contributed by atoms with Crippen molar-refractivity contribution in [1.29, 1.82) is 0 Å². The average molecular weight is 643 g/mol. The van der Waals surface area contributed by atoms with E-state index in [-0.39, 0.29) is 84.3 Å². The van der Waals surface area contributed by atoms with E-state index in [1.165, 1.54) is 36.4 Å². The number of phenols is 2. The number of aromatic hydroxyl groups is 2. The molecule has 246 valence electrons. The third-order valence-electron chi connectivity index (χ3n) is 6.54. The van der Waals surface area contributed by atoms with Gasteiger partial charge in [0.15, 0.2) is 11.5 Å². The number of aromatic nitrogens is 2. The molecule has 46 heavy (non-hydrogen) atoms. The number of carbonyl (C=O) groups excluding carboxylic acids is 4. The molecule has 3 rings (SSSR count). The summed E-state index contributed by atoms with van der Waals surface area (Å²) in [6.45, 7) is 0.782. The summed E-state index contributed by atoms with van der Waals surface area (Å²) in [4.78, 5) is 74.8. The van der Waals surface area contributed by atoms with Gasteiger partial charge < -0.3 is 47.6 Å². The highest BCUT2D eigenvalue weighted by Crippen LogP contribution is 2.32. The first-order valence-corrected chi connectivity index (χ1v) is 13.9. The van der Waals surface area contributed by atoms with Gasteiger partial charge in [0.05, 0.1) is 11.1 Å². The van der Waals surface area contributed by atoms with Gasteiger partial charge in [-0.25, -0.2) is 0 Å². The van der Waals surface area contributed by atoms with Gasteiger partial charge in [-0.3, -0.25) is 33.7 Å². The number of amides is 4. The van der Waals surface area contributed by atoms with Crippen molar-refractivity contribution >= 4 is 23.6 Å². The fraction of sp³-hybridized carbons (Fsp3) is 0.286. The van der Waals surface area contributed by atoms with Crippen molar-refractivity contribution in [2.45, 2.75) is 0 Å². The average Bonchev–Trinajstić information content (AvgIpc) is 3.03. The van der Waals surface area contributed by atoms with Gasteiger partial charge in [0.25, 0.3) is 34.7 Å². The number of nitrogens with two attached hydrogens (primary N) is 1. The lowest BCUT2D eigenvalue weighted by Crippen LogP contribution is -2.43. The monoisotopic (exact) mass is 642 g/mol. The number of rotatable bonds is 15. The molecule has 0 saturated carbocycles. The Morgan fingerprint density at radius 1 is 0.609 bits per heavy atom. The molecule has 18 nitrogen and oxygen atoms in total. The summed E-state index contributed by atoms with van der Waals surface area (Å²) in [6.07, 6.45) is 0. The summed E-state index contributed by atoms with van der Waals surface area (Å²) in [5.74, 6) is -4.51. The second-order valence-electron chi connectivity index (χ2n) is 9.63. The molecule has 3 aromatic rings. The van der Waals surface area contributed by atoms with Crippen LogP contribution >= 0.6 is 0 Å². The van der Waals surface area contributed by atoms with E-state index in [2.05, 4.69) is 21.3 Å². The SMILES string of the molecule is NCCNC(=O)c1ccc(C(=O)NCCN(CCNC(=O)c2cccc(=O)n2O)CCNC(=O)c2cccc(=O)n2O)c(O)c1O. The first kappa shape index (κ1) is 34.6. The van der Waals surface area contributed by atoms with Crippen molar-refractivity contribution in [3.63, 3.8) is 0 Å². The van der Waals surface area contributed by atoms with Gasteiger partial charge in [0.2, 0.25) is 0 Å². The minimum atomic E-state index is -0.799. The largest absolute Gasteiger partial charge is 0.504 e. The van der Waals surface area contributed by atoms with Crippen LogP contribution in [0.5, 0.6) is 11.5 Å². The van der Waals surface area contributed by atoms with E-state index >= 15 is 0 Å². The molecule has 0 aliphatic heterocycles. The maximum atomic E-state index is 12.8. The fourth-order valence-electron chi connectivity index (χ4n) is 4.13. The maximum absolute atomic E-state index is 12.8.